The molecule has 2 N–H and O–H groups in total. The largest absolute Gasteiger partial charge is 0.494 e. The molecule has 0 fully saturated rings. The van der Waals surface area contributed by atoms with Crippen molar-refractivity contribution in [2.75, 3.05) is 6.61 Å². The second kappa shape index (κ2) is 7.10. The fourth-order valence-corrected chi connectivity index (χ4v) is 2.10. The Morgan fingerprint density at radius 2 is 2.10 bits per heavy atom. The average Bonchev–Trinajstić information content (AvgIpc) is 2.93. The van der Waals surface area contributed by atoms with Crippen LogP contribution < -0.4 is 10.5 Å². The van der Waals surface area contributed by atoms with Gasteiger partial charge in [-0.25, -0.2) is 0 Å². The van der Waals surface area contributed by atoms with Gasteiger partial charge < -0.3 is 10.5 Å². The molecule has 1 heterocycles. The zero-order chi connectivity index (χ0) is 14.4. The zero-order valence-corrected chi connectivity index (χ0v) is 12.2. The van der Waals surface area contributed by atoms with Gasteiger partial charge in [0.05, 0.1) is 18.8 Å². The molecule has 1 unspecified atom stereocenters. The fraction of sp³-hybridized carbons (Fsp3) is 0.438. The maximum atomic E-state index is 6.31. The first-order chi connectivity index (χ1) is 9.74. The van der Waals surface area contributed by atoms with Gasteiger partial charge in [0.1, 0.15) is 5.75 Å². The summed E-state index contributed by atoms with van der Waals surface area (Å²) in [5, 5.41) is 4.33. The van der Waals surface area contributed by atoms with Crippen molar-refractivity contribution in [2.45, 2.75) is 39.3 Å². The smallest absolute Gasteiger partial charge is 0.119 e. The molecule has 0 saturated carbocycles. The molecule has 2 rings (SSSR count). The fourth-order valence-electron chi connectivity index (χ4n) is 2.10. The van der Waals surface area contributed by atoms with Crippen molar-refractivity contribution in [1.29, 1.82) is 0 Å². The SMILES string of the molecule is CCCOc1cccc(C(N)c2cnn(CCC)c2)c1. The van der Waals surface area contributed by atoms with Gasteiger partial charge in [0.15, 0.2) is 0 Å². The molecular weight excluding hydrogens is 250 g/mol. The molecule has 0 saturated heterocycles. The molecule has 0 aliphatic rings. The van der Waals surface area contributed by atoms with Crippen LogP contribution in [0.4, 0.5) is 0 Å². The topological polar surface area (TPSA) is 53.1 Å². The number of benzene rings is 1. The van der Waals surface area contributed by atoms with E-state index in [9.17, 15) is 0 Å². The van der Waals surface area contributed by atoms with Crippen molar-refractivity contribution in [3.05, 3.63) is 47.8 Å². The van der Waals surface area contributed by atoms with E-state index in [2.05, 4.69) is 18.9 Å². The molecule has 2 aromatic rings. The minimum atomic E-state index is -0.161. The minimum Gasteiger partial charge on any atom is -0.494 e. The molecule has 1 atom stereocenters. The van der Waals surface area contributed by atoms with Crippen LogP contribution in [-0.2, 0) is 6.54 Å². The van der Waals surface area contributed by atoms with E-state index in [1.165, 1.54) is 0 Å². The Morgan fingerprint density at radius 3 is 2.85 bits per heavy atom. The molecule has 0 aliphatic heterocycles. The quantitative estimate of drug-likeness (QED) is 0.843. The first kappa shape index (κ1) is 14.6. The van der Waals surface area contributed by atoms with Gasteiger partial charge in [-0.15, -0.1) is 0 Å². The van der Waals surface area contributed by atoms with Crippen LogP contribution in [0.5, 0.6) is 5.75 Å². The van der Waals surface area contributed by atoms with E-state index in [0.29, 0.717) is 0 Å². The third kappa shape index (κ3) is 3.61. The van der Waals surface area contributed by atoms with Crippen LogP contribution in [0.1, 0.15) is 43.9 Å². The highest BCUT2D eigenvalue weighted by Gasteiger charge is 2.12. The van der Waals surface area contributed by atoms with Gasteiger partial charge in [-0.1, -0.05) is 26.0 Å². The number of aromatic nitrogens is 2. The Kier molecular flexibility index (Phi) is 5.18. The monoisotopic (exact) mass is 273 g/mol. The molecule has 0 spiro atoms. The van der Waals surface area contributed by atoms with Gasteiger partial charge in [0.2, 0.25) is 0 Å². The maximum absolute atomic E-state index is 6.31. The molecule has 0 aliphatic carbocycles. The number of nitrogens with two attached hydrogens (primary N) is 1. The Balaban J connectivity index is 2.12. The van der Waals surface area contributed by atoms with Crippen molar-refractivity contribution in [2.24, 2.45) is 5.73 Å². The highest BCUT2D eigenvalue weighted by Crippen LogP contribution is 2.23. The van der Waals surface area contributed by atoms with Crippen molar-refractivity contribution in [1.82, 2.24) is 9.78 Å². The van der Waals surface area contributed by atoms with E-state index in [1.54, 1.807) is 0 Å². The number of hydrogen-bond donors (Lipinski definition) is 1. The van der Waals surface area contributed by atoms with E-state index in [4.69, 9.17) is 10.5 Å². The number of rotatable bonds is 7. The Hall–Kier alpha value is -1.81. The number of nitrogens with zero attached hydrogens (tertiary/aromatic N) is 2. The Labute approximate surface area is 120 Å². The summed E-state index contributed by atoms with van der Waals surface area (Å²) in [6.45, 7) is 5.88. The standard InChI is InChI=1S/C16H23N3O/c1-3-8-19-12-14(11-18-19)16(17)13-6-5-7-15(10-13)20-9-4-2/h5-7,10-12,16H,3-4,8-9,17H2,1-2H3. The van der Waals surface area contributed by atoms with Crippen LogP contribution in [0.3, 0.4) is 0 Å². The lowest BCUT2D eigenvalue weighted by Gasteiger charge is -2.12. The molecule has 1 aromatic carbocycles. The van der Waals surface area contributed by atoms with Gasteiger partial charge in [0.25, 0.3) is 0 Å². The highest BCUT2D eigenvalue weighted by atomic mass is 16.5. The number of aryl methyl sites for hydroxylation is 1. The van der Waals surface area contributed by atoms with E-state index < -0.39 is 0 Å². The van der Waals surface area contributed by atoms with Crippen LogP contribution in [0, 0.1) is 0 Å². The molecule has 0 amide bonds. The van der Waals surface area contributed by atoms with Gasteiger partial charge in [-0.05, 0) is 30.5 Å². The minimum absolute atomic E-state index is 0.161. The van der Waals surface area contributed by atoms with E-state index in [0.717, 1.165) is 42.9 Å². The molecule has 1 aromatic heterocycles. The zero-order valence-electron chi connectivity index (χ0n) is 12.2. The van der Waals surface area contributed by atoms with Gasteiger partial charge in [-0.3, -0.25) is 4.68 Å². The summed E-state index contributed by atoms with van der Waals surface area (Å²) in [4.78, 5) is 0. The van der Waals surface area contributed by atoms with Crippen LogP contribution >= 0.6 is 0 Å². The van der Waals surface area contributed by atoms with E-state index in [-0.39, 0.29) is 6.04 Å². The van der Waals surface area contributed by atoms with Crippen LogP contribution in [-0.4, -0.2) is 16.4 Å². The third-order valence-corrected chi connectivity index (χ3v) is 3.16. The summed E-state index contributed by atoms with van der Waals surface area (Å²) in [6, 6.07) is 7.83. The summed E-state index contributed by atoms with van der Waals surface area (Å²) in [7, 11) is 0. The maximum Gasteiger partial charge on any atom is 0.119 e. The number of ether oxygens (including phenoxy) is 1. The van der Waals surface area contributed by atoms with Crippen molar-refractivity contribution in [3.63, 3.8) is 0 Å². The molecule has 108 valence electrons. The lowest BCUT2D eigenvalue weighted by Crippen LogP contribution is -2.11. The third-order valence-electron chi connectivity index (χ3n) is 3.16. The normalized spacial score (nSPS) is 12.3. The summed E-state index contributed by atoms with van der Waals surface area (Å²) >= 11 is 0. The lowest BCUT2D eigenvalue weighted by atomic mass is 10.0. The highest BCUT2D eigenvalue weighted by molar-refractivity contribution is 5.35. The van der Waals surface area contributed by atoms with Crippen molar-refractivity contribution < 1.29 is 4.74 Å². The second-order valence-corrected chi connectivity index (χ2v) is 4.94. The molecular formula is C16H23N3O. The molecule has 0 bridgehead atoms. The van der Waals surface area contributed by atoms with Crippen molar-refractivity contribution in [3.8, 4) is 5.75 Å². The number of hydrogen-bond acceptors (Lipinski definition) is 3. The first-order valence-corrected chi connectivity index (χ1v) is 7.25. The van der Waals surface area contributed by atoms with Crippen LogP contribution in [0.25, 0.3) is 0 Å². The predicted octanol–water partition coefficient (Wildman–Crippen LogP) is 3.13. The van der Waals surface area contributed by atoms with Crippen LogP contribution in [0.2, 0.25) is 0 Å². The van der Waals surface area contributed by atoms with Crippen molar-refractivity contribution >= 4 is 0 Å². The predicted molar refractivity (Wildman–Crippen MR) is 80.8 cm³/mol. The Morgan fingerprint density at radius 1 is 1.25 bits per heavy atom. The van der Waals surface area contributed by atoms with Gasteiger partial charge in [-0.2, -0.15) is 5.10 Å². The van der Waals surface area contributed by atoms with Gasteiger partial charge >= 0.3 is 0 Å². The van der Waals surface area contributed by atoms with Crippen LogP contribution in [0.15, 0.2) is 36.7 Å². The molecule has 4 nitrogen and oxygen atoms in total. The average molecular weight is 273 g/mol. The summed E-state index contributed by atoms with van der Waals surface area (Å²) in [6.07, 6.45) is 5.93. The first-order valence-electron chi connectivity index (χ1n) is 7.25. The van der Waals surface area contributed by atoms with E-state index >= 15 is 0 Å². The molecule has 0 radical (unpaired) electrons. The lowest BCUT2D eigenvalue weighted by molar-refractivity contribution is 0.317. The van der Waals surface area contributed by atoms with Gasteiger partial charge in [0, 0.05) is 18.3 Å². The second-order valence-electron chi connectivity index (χ2n) is 4.94. The molecule has 20 heavy (non-hydrogen) atoms. The summed E-state index contributed by atoms with van der Waals surface area (Å²) in [5.74, 6) is 0.876. The summed E-state index contributed by atoms with van der Waals surface area (Å²) < 4.78 is 7.59. The Bertz CT molecular complexity index is 536. The molecule has 4 heteroatoms. The summed E-state index contributed by atoms with van der Waals surface area (Å²) in [5.41, 5.74) is 8.40. The van der Waals surface area contributed by atoms with E-state index in [1.807, 2.05) is 41.3 Å².